The number of carbonyl (C=O) groups excluding carboxylic acids is 2. The summed E-state index contributed by atoms with van der Waals surface area (Å²) in [4.78, 5) is 35.5. The number of aromatic nitrogens is 1. The second kappa shape index (κ2) is 13.3. The summed E-state index contributed by atoms with van der Waals surface area (Å²) in [5.74, 6) is -0.386. The third-order valence-electron chi connectivity index (χ3n) is 8.85. The molecule has 3 atom stereocenters. The molecular formula is C31H40ClF3N4O4. The van der Waals surface area contributed by atoms with Crippen molar-refractivity contribution in [2.45, 2.75) is 76.2 Å². The van der Waals surface area contributed by atoms with E-state index in [-0.39, 0.29) is 35.4 Å². The fourth-order valence-electron chi connectivity index (χ4n) is 6.20. The van der Waals surface area contributed by atoms with Gasteiger partial charge in [-0.05, 0) is 82.6 Å². The van der Waals surface area contributed by atoms with Crippen molar-refractivity contribution in [1.29, 1.82) is 0 Å². The first-order valence-electron chi connectivity index (χ1n) is 14.7. The summed E-state index contributed by atoms with van der Waals surface area (Å²) >= 11 is 6.47. The van der Waals surface area contributed by atoms with Crippen LogP contribution in [0.2, 0.25) is 5.15 Å². The van der Waals surface area contributed by atoms with E-state index in [0.717, 1.165) is 62.2 Å². The number of likely N-dealkylation sites (tertiary alicyclic amines) is 1. The highest BCUT2D eigenvalue weighted by atomic mass is 35.5. The molecule has 0 bridgehead atoms. The number of amides is 2. The highest BCUT2D eigenvalue weighted by Crippen LogP contribution is 2.41. The Morgan fingerprint density at radius 3 is 2.33 bits per heavy atom. The van der Waals surface area contributed by atoms with Gasteiger partial charge in [-0.2, -0.15) is 13.2 Å². The predicted octanol–water partition coefficient (Wildman–Crippen LogP) is 5.66. The molecule has 43 heavy (non-hydrogen) atoms. The van der Waals surface area contributed by atoms with Crippen LogP contribution in [0.3, 0.4) is 0 Å². The molecule has 3 heterocycles. The zero-order valence-corrected chi connectivity index (χ0v) is 25.8. The molecule has 2 amide bonds. The second-order valence-electron chi connectivity index (χ2n) is 11.7. The molecular weight excluding hydrogens is 585 g/mol. The fraction of sp³-hybridized carbons (Fsp3) is 0.581. The van der Waals surface area contributed by atoms with E-state index >= 15 is 0 Å². The van der Waals surface area contributed by atoms with Crippen molar-refractivity contribution >= 4 is 29.2 Å². The number of rotatable bonds is 9. The van der Waals surface area contributed by atoms with Crippen LogP contribution in [0.5, 0.6) is 5.75 Å². The van der Waals surface area contributed by atoms with E-state index in [9.17, 15) is 27.9 Å². The van der Waals surface area contributed by atoms with Crippen molar-refractivity contribution in [3.05, 3.63) is 52.7 Å². The number of anilines is 1. The van der Waals surface area contributed by atoms with Crippen LogP contribution in [-0.2, 0) is 10.4 Å². The Bertz CT molecular complexity index is 1290. The number of nitrogens with zero attached hydrogens (tertiary/aromatic N) is 4. The quantitative estimate of drug-likeness (QED) is 0.362. The standard InChI is InChI=1S/C31H40ClF3N4O4/c1-20-10-11-21(2)39(20)28(40)25-12-13-26(36-27(25)32)38-17-14-22(15-18-38)7-6-16-37(3)29(41)30(42,31(33,34)35)23-8-5-9-24(19-23)43-4/h5,8-9,12-13,19-22,42H,6-7,10-11,14-18H2,1-4H3. The van der Waals surface area contributed by atoms with Gasteiger partial charge >= 0.3 is 6.18 Å². The van der Waals surface area contributed by atoms with Gasteiger partial charge in [-0.1, -0.05) is 23.7 Å². The summed E-state index contributed by atoms with van der Waals surface area (Å²) in [5.41, 5.74) is -3.86. The topological polar surface area (TPSA) is 86.2 Å². The summed E-state index contributed by atoms with van der Waals surface area (Å²) in [7, 11) is 2.57. The highest BCUT2D eigenvalue weighted by molar-refractivity contribution is 6.32. The van der Waals surface area contributed by atoms with E-state index in [2.05, 4.69) is 9.88 Å². The molecule has 1 aromatic carbocycles. The first-order chi connectivity index (χ1) is 20.3. The minimum absolute atomic E-state index is 0.0717. The molecule has 3 unspecified atom stereocenters. The van der Waals surface area contributed by atoms with E-state index in [4.69, 9.17) is 16.3 Å². The summed E-state index contributed by atoms with van der Waals surface area (Å²) in [5, 5.41) is 10.9. The summed E-state index contributed by atoms with van der Waals surface area (Å²) < 4.78 is 47.1. The van der Waals surface area contributed by atoms with Crippen LogP contribution in [-0.4, -0.2) is 83.8 Å². The molecule has 2 aliphatic heterocycles. The minimum atomic E-state index is -5.22. The monoisotopic (exact) mass is 624 g/mol. The minimum Gasteiger partial charge on any atom is -0.497 e. The largest absolute Gasteiger partial charge is 0.497 e. The maximum Gasteiger partial charge on any atom is 0.430 e. The molecule has 2 saturated heterocycles. The average Bonchev–Trinajstić information content (AvgIpc) is 3.32. The molecule has 2 aromatic rings. The lowest BCUT2D eigenvalue weighted by molar-refractivity contribution is -0.261. The number of aliphatic hydroxyl groups is 1. The molecule has 0 aliphatic carbocycles. The molecule has 4 rings (SSSR count). The van der Waals surface area contributed by atoms with Crippen molar-refractivity contribution in [3.63, 3.8) is 0 Å². The fourth-order valence-corrected chi connectivity index (χ4v) is 6.43. The van der Waals surface area contributed by atoms with Crippen molar-refractivity contribution in [1.82, 2.24) is 14.8 Å². The first-order valence-corrected chi connectivity index (χ1v) is 15.1. The maximum absolute atomic E-state index is 14.0. The van der Waals surface area contributed by atoms with Crippen LogP contribution in [0.15, 0.2) is 36.4 Å². The predicted molar refractivity (Wildman–Crippen MR) is 158 cm³/mol. The van der Waals surface area contributed by atoms with Crippen molar-refractivity contribution in [2.75, 3.05) is 38.7 Å². The number of halogens is 4. The van der Waals surface area contributed by atoms with Crippen LogP contribution >= 0.6 is 11.6 Å². The summed E-state index contributed by atoms with van der Waals surface area (Å²) in [6, 6.07) is 8.74. The normalized spacial score (nSPS) is 21.0. The molecule has 12 heteroatoms. The van der Waals surface area contributed by atoms with Gasteiger partial charge in [0.05, 0.1) is 12.7 Å². The summed E-state index contributed by atoms with van der Waals surface area (Å²) in [6.07, 6.45) is -0.373. The average molecular weight is 625 g/mol. The third-order valence-corrected chi connectivity index (χ3v) is 9.14. The Hall–Kier alpha value is -3.05. The van der Waals surface area contributed by atoms with E-state index in [1.54, 1.807) is 6.07 Å². The first kappa shape index (κ1) is 32.9. The van der Waals surface area contributed by atoms with Gasteiger partial charge in [0, 0.05) is 44.3 Å². The highest BCUT2D eigenvalue weighted by Gasteiger charge is 2.61. The van der Waals surface area contributed by atoms with Gasteiger partial charge in [-0.3, -0.25) is 9.59 Å². The maximum atomic E-state index is 14.0. The van der Waals surface area contributed by atoms with Gasteiger partial charge < -0.3 is 24.5 Å². The Morgan fingerprint density at radius 1 is 1.09 bits per heavy atom. The lowest BCUT2D eigenvalue weighted by Crippen LogP contribution is -2.55. The number of alkyl halides is 3. The van der Waals surface area contributed by atoms with Crippen molar-refractivity contribution in [2.24, 2.45) is 5.92 Å². The van der Waals surface area contributed by atoms with Gasteiger partial charge in [0.15, 0.2) is 0 Å². The number of benzene rings is 1. The number of hydrogen-bond acceptors (Lipinski definition) is 6. The number of likely N-dealkylation sites (N-methyl/N-ethyl adjacent to an activating group) is 1. The molecule has 1 aromatic heterocycles. The Kier molecular flexibility index (Phi) is 10.2. The van der Waals surface area contributed by atoms with E-state index < -0.39 is 23.2 Å². The zero-order chi connectivity index (χ0) is 31.5. The lowest BCUT2D eigenvalue weighted by atomic mass is 9.90. The molecule has 0 saturated carbocycles. The number of piperidine rings is 1. The number of hydrogen-bond donors (Lipinski definition) is 1. The van der Waals surface area contributed by atoms with Gasteiger partial charge in [0.25, 0.3) is 17.4 Å². The van der Waals surface area contributed by atoms with Gasteiger partial charge in [0.1, 0.15) is 16.7 Å². The molecule has 236 valence electrons. The number of carbonyl (C=O) groups is 2. The number of ether oxygens (including phenoxy) is 1. The van der Waals surface area contributed by atoms with Crippen molar-refractivity contribution in [3.8, 4) is 5.75 Å². The third kappa shape index (κ3) is 6.87. The Labute approximate surface area is 255 Å². The number of methoxy groups -OCH3 is 1. The Balaban J connectivity index is 1.29. The molecule has 8 nitrogen and oxygen atoms in total. The van der Waals surface area contributed by atoms with E-state index in [0.29, 0.717) is 23.7 Å². The second-order valence-corrected chi connectivity index (χ2v) is 12.1. The molecule has 2 aliphatic rings. The number of pyridine rings is 1. The van der Waals surface area contributed by atoms with Crippen molar-refractivity contribution < 1.29 is 32.6 Å². The van der Waals surface area contributed by atoms with E-state index in [1.807, 2.05) is 24.8 Å². The molecule has 1 N–H and O–H groups in total. The smallest absolute Gasteiger partial charge is 0.430 e. The molecule has 0 spiro atoms. The van der Waals surface area contributed by atoms with Crippen LogP contribution in [0.4, 0.5) is 19.0 Å². The van der Waals surface area contributed by atoms with Gasteiger partial charge in [0.2, 0.25) is 0 Å². The summed E-state index contributed by atoms with van der Waals surface area (Å²) in [6.45, 7) is 5.60. The zero-order valence-electron chi connectivity index (χ0n) is 25.0. The van der Waals surface area contributed by atoms with Crippen LogP contribution < -0.4 is 9.64 Å². The SMILES string of the molecule is COc1cccc(C(O)(C(=O)N(C)CCCC2CCN(c3ccc(C(=O)N4C(C)CCC4C)c(Cl)n3)CC2)C(F)(F)F)c1. The lowest BCUT2D eigenvalue weighted by Gasteiger charge is -2.35. The van der Waals surface area contributed by atoms with Crippen LogP contribution in [0, 0.1) is 5.92 Å². The van der Waals surface area contributed by atoms with Gasteiger partial charge in [-0.15, -0.1) is 0 Å². The van der Waals surface area contributed by atoms with Gasteiger partial charge in [-0.25, -0.2) is 4.98 Å². The molecule has 0 radical (unpaired) electrons. The molecule has 2 fully saturated rings. The van der Waals surface area contributed by atoms with Crippen LogP contribution in [0.25, 0.3) is 0 Å². The van der Waals surface area contributed by atoms with E-state index in [1.165, 1.54) is 26.3 Å². The van der Waals surface area contributed by atoms with Crippen LogP contribution in [0.1, 0.15) is 68.3 Å². The Morgan fingerprint density at radius 2 is 1.74 bits per heavy atom.